The molecule has 0 radical (unpaired) electrons. The highest BCUT2D eigenvalue weighted by Crippen LogP contribution is 2.23. The Morgan fingerprint density at radius 2 is 2.00 bits per heavy atom. The summed E-state index contributed by atoms with van der Waals surface area (Å²) in [4.78, 5) is 19.8. The van der Waals surface area contributed by atoms with E-state index in [1.54, 1.807) is 24.1 Å². The number of benzene rings is 1. The average Bonchev–Trinajstić information content (AvgIpc) is 2.91. The normalized spacial score (nSPS) is 10.7. The van der Waals surface area contributed by atoms with Crippen LogP contribution in [0.15, 0.2) is 43.1 Å². The van der Waals surface area contributed by atoms with Crippen LogP contribution in [0, 0.1) is 0 Å². The van der Waals surface area contributed by atoms with Crippen molar-refractivity contribution in [3.63, 3.8) is 0 Å². The van der Waals surface area contributed by atoms with Crippen LogP contribution in [0.5, 0.6) is 0 Å². The molecule has 0 aliphatic carbocycles. The van der Waals surface area contributed by atoms with E-state index >= 15 is 0 Å². The Morgan fingerprint density at radius 3 is 2.67 bits per heavy atom. The Morgan fingerprint density at radius 1 is 1.22 bits per heavy atom. The van der Waals surface area contributed by atoms with E-state index in [9.17, 15) is 4.79 Å². The van der Waals surface area contributed by atoms with Crippen molar-refractivity contribution in [1.29, 1.82) is 0 Å². The van der Waals surface area contributed by atoms with Crippen molar-refractivity contribution in [2.45, 2.75) is 6.92 Å². The fourth-order valence-electron chi connectivity index (χ4n) is 1.96. The maximum Gasteiger partial charge on any atom is 0.163 e. The van der Waals surface area contributed by atoms with Crippen LogP contribution in [0.2, 0.25) is 0 Å². The summed E-state index contributed by atoms with van der Waals surface area (Å²) in [6, 6.07) is 7.65. The molecule has 2 heterocycles. The molecule has 5 heteroatoms. The second kappa shape index (κ2) is 4.03. The van der Waals surface area contributed by atoms with Gasteiger partial charge in [-0.15, -0.1) is 0 Å². The molecular weight excluding hydrogens is 228 g/mol. The lowest BCUT2D eigenvalue weighted by Crippen LogP contribution is -2.03. The Bertz CT molecular complexity index is 719. The summed E-state index contributed by atoms with van der Waals surface area (Å²) in [7, 11) is 0. The molecule has 5 nitrogen and oxygen atoms in total. The van der Waals surface area contributed by atoms with Crippen LogP contribution in [-0.2, 0) is 0 Å². The molecule has 0 unspecified atom stereocenters. The first-order valence-corrected chi connectivity index (χ1v) is 5.51. The van der Waals surface area contributed by atoms with Crippen LogP contribution in [0.3, 0.4) is 0 Å². The molecule has 0 amide bonds. The number of hydrogen-bond acceptors (Lipinski definition) is 4. The summed E-state index contributed by atoms with van der Waals surface area (Å²) >= 11 is 0. The molecule has 0 aliphatic heterocycles. The molecule has 2 aromatic heterocycles. The van der Waals surface area contributed by atoms with Crippen molar-refractivity contribution in [2.24, 2.45) is 0 Å². The average molecular weight is 238 g/mol. The third kappa shape index (κ3) is 1.57. The molecule has 0 saturated carbocycles. The molecule has 0 bridgehead atoms. The minimum atomic E-state index is 0.00356. The van der Waals surface area contributed by atoms with E-state index in [-0.39, 0.29) is 5.78 Å². The van der Waals surface area contributed by atoms with Crippen LogP contribution < -0.4 is 0 Å². The largest absolute Gasteiger partial charge is 0.294 e. The lowest BCUT2D eigenvalue weighted by molar-refractivity contribution is 0.101. The van der Waals surface area contributed by atoms with Gasteiger partial charge in [-0.05, 0) is 12.3 Å². The molecule has 0 saturated heterocycles. The van der Waals surface area contributed by atoms with Crippen LogP contribution in [0.1, 0.15) is 17.3 Å². The number of hydrogen-bond donors (Lipinski definition) is 0. The van der Waals surface area contributed by atoms with Gasteiger partial charge in [-0.2, -0.15) is 5.10 Å². The highest BCUT2D eigenvalue weighted by molar-refractivity contribution is 6.08. The third-order valence-corrected chi connectivity index (χ3v) is 2.79. The van der Waals surface area contributed by atoms with E-state index in [0.717, 1.165) is 10.8 Å². The Labute approximate surface area is 103 Å². The van der Waals surface area contributed by atoms with E-state index in [0.29, 0.717) is 11.4 Å². The van der Waals surface area contributed by atoms with Crippen molar-refractivity contribution in [1.82, 2.24) is 19.7 Å². The number of pyridine rings is 1. The molecule has 0 N–H and O–H groups in total. The predicted molar refractivity (Wildman–Crippen MR) is 66.7 cm³/mol. The molecular formula is C13H10N4O. The van der Waals surface area contributed by atoms with Crippen LogP contribution in [0.25, 0.3) is 16.6 Å². The van der Waals surface area contributed by atoms with E-state index in [1.165, 1.54) is 6.33 Å². The number of carbonyl (C=O) groups excluding carboxylic acids is 1. The molecule has 1 aromatic carbocycles. The number of carbonyl (C=O) groups is 1. The standard InChI is InChI=1S/C13H10N4O/c1-9(18)12-6-15-13(17-8-14-7-16-17)11-5-3-2-4-10(11)12/h2-8H,1H3. The first kappa shape index (κ1) is 10.6. The summed E-state index contributed by atoms with van der Waals surface area (Å²) in [5.74, 6) is 0.678. The fourth-order valence-corrected chi connectivity index (χ4v) is 1.96. The van der Waals surface area contributed by atoms with Crippen molar-refractivity contribution >= 4 is 16.6 Å². The minimum absolute atomic E-state index is 0.00356. The SMILES string of the molecule is CC(=O)c1cnc(-n2cncn2)c2ccccc12. The van der Waals surface area contributed by atoms with Crippen LogP contribution in [0.4, 0.5) is 0 Å². The van der Waals surface area contributed by atoms with Gasteiger partial charge in [-0.25, -0.2) is 14.6 Å². The van der Waals surface area contributed by atoms with Crippen LogP contribution in [-0.4, -0.2) is 25.5 Å². The number of aromatic nitrogens is 4. The topological polar surface area (TPSA) is 60.7 Å². The number of fused-ring (bicyclic) bond motifs is 1. The molecule has 0 spiro atoms. The lowest BCUT2D eigenvalue weighted by Gasteiger charge is -2.07. The zero-order valence-corrected chi connectivity index (χ0v) is 9.74. The molecule has 88 valence electrons. The molecule has 3 rings (SSSR count). The third-order valence-electron chi connectivity index (χ3n) is 2.79. The second-order valence-electron chi connectivity index (χ2n) is 3.94. The summed E-state index contributed by atoms with van der Waals surface area (Å²) in [6.07, 6.45) is 4.62. The van der Waals surface area contributed by atoms with Gasteiger partial charge in [0.2, 0.25) is 0 Å². The lowest BCUT2D eigenvalue weighted by atomic mass is 10.0. The molecule has 3 aromatic rings. The Kier molecular flexibility index (Phi) is 2.37. The minimum Gasteiger partial charge on any atom is -0.294 e. The van der Waals surface area contributed by atoms with Crippen molar-refractivity contribution in [2.75, 3.05) is 0 Å². The second-order valence-corrected chi connectivity index (χ2v) is 3.94. The van der Waals surface area contributed by atoms with Gasteiger partial charge in [0.25, 0.3) is 0 Å². The first-order valence-electron chi connectivity index (χ1n) is 5.51. The van der Waals surface area contributed by atoms with Crippen molar-refractivity contribution < 1.29 is 4.79 Å². The predicted octanol–water partition coefficient (Wildman–Crippen LogP) is 2.02. The molecule has 0 aliphatic rings. The maximum atomic E-state index is 11.6. The van der Waals surface area contributed by atoms with Gasteiger partial charge in [-0.3, -0.25) is 4.79 Å². The summed E-state index contributed by atoms with van der Waals surface area (Å²) in [5, 5.41) is 5.83. The van der Waals surface area contributed by atoms with E-state index in [1.807, 2.05) is 24.3 Å². The first-order chi connectivity index (χ1) is 8.77. The van der Waals surface area contributed by atoms with E-state index < -0.39 is 0 Å². The Hall–Kier alpha value is -2.56. The van der Waals surface area contributed by atoms with Gasteiger partial charge >= 0.3 is 0 Å². The smallest absolute Gasteiger partial charge is 0.163 e. The Balaban J connectivity index is 2.37. The summed E-state index contributed by atoms with van der Waals surface area (Å²) < 4.78 is 1.59. The highest BCUT2D eigenvalue weighted by atomic mass is 16.1. The number of Topliss-reactive ketones (excluding diaryl/α,β-unsaturated/α-hetero) is 1. The van der Waals surface area contributed by atoms with E-state index in [4.69, 9.17) is 0 Å². The van der Waals surface area contributed by atoms with Gasteiger partial charge < -0.3 is 0 Å². The van der Waals surface area contributed by atoms with Crippen molar-refractivity contribution in [3.8, 4) is 5.82 Å². The van der Waals surface area contributed by atoms with Gasteiger partial charge in [-0.1, -0.05) is 24.3 Å². The van der Waals surface area contributed by atoms with Gasteiger partial charge in [0.1, 0.15) is 12.7 Å². The van der Waals surface area contributed by atoms with Gasteiger partial charge in [0, 0.05) is 17.1 Å². The van der Waals surface area contributed by atoms with E-state index in [2.05, 4.69) is 15.1 Å². The van der Waals surface area contributed by atoms with Gasteiger partial charge in [0.05, 0.1) is 0 Å². The molecule has 0 fully saturated rings. The number of ketones is 1. The molecule has 0 atom stereocenters. The van der Waals surface area contributed by atoms with Crippen molar-refractivity contribution in [3.05, 3.63) is 48.7 Å². The fraction of sp³-hybridized carbons (Fsp3) is 0.0769. The van der Waals surface area contributed by atoms with Gasteiger partial charge in [0.15, 0.2) is 11.6 Å². The number of nitrogens with zero attached hydrogens (tertiary/aromatic N) is 4. The zero-order valence-electron chi connectivity index (χ0n) is 9.74. The monoisotopic (exact) mass is 238 g/mol. The van der Waals surface area contributed by atoms with Crippen LogP contribution >= 0.6 is 0 Å². The zero-order chi connectivity index (χ0) is 12.5. The summed E-state index contributed by atoms with van der Waals surface area (Å²) in [6.45, 7) is 1.54. The maximum absolute atomic E-state index is 11.6. The summed E-state index contributed by atoms with van der Waals surface area (Å²) in [5.41, 5.74) is 0.620. The highest BCUT2D eigenvalue weighted by Gasteiger charge is 2.11. The number of rotatable bonds is 2. The molecule has 18 heavy (non-hydrogen) atoms. The quantitative estimate of drug-likeness (QED) is 0.641.